The van der Waals surface area contributed by atoms with Gasteiger partial charge in [-0.15, -0.1) is 0 Å². The van der Waals surface area contributed by atoms with Crippen LogP contribution in [-0.2, 0) is 10.0 Å². The number of hydrogen-bond acceptors (Lipinski definition) is 3. The first-order valence-corrected chi connectivity index (χ1v) is 9.89. The zero-order valence-corrected chi connectivity index (χ0v) is 16.2. The molecule has 1 atom stereocenters. The number of rotatable bonds is 2. The topological polar surface area (TPSA) is 46.6 Å². The maximum Gasteiger partial charge on any atom is 0.264 e. The van der Waals surface area contributed by atoms with Gasteiger partial charge in [-0.1, -0.05) is 44.5 Å². The Hall–Kier alpha value is -2.01. The van der Waals surface area contributed by atoms with Gasteiger partial charge >= 0.3 is 0 Å². The summed E-state index contributed by atoms with van der Waals surface area (Å²) in [7, 11) is -3.69. The highest BCUT2D eigenvalue weighted by Gasteiger charge is 2.42. The summed E-state index contributed by atoms with van der Waals surface area (Å²) in [6.07, 6.45) is 0. The monoisotopic (exact) mass is 359 g/mol. The Kier molecular flexibility index (Phi) is 4.31. The third-order valence-electron chi connectivity index (χ3n) is 4.61. The second-order valence-electron chi connectivity index (χ2n) is 7.78. The molecule has 2 aromatic rings. The quantitative estimate of drug-likeness (QED) is 0.803. The number of benzene rings is 2. The fraction of sp³-hybridized carbons (Fsp3) is 0.400. The highest BCUT2D eigenvalue weighted by Crippen LogP contribution is 2.42. The zero-order valence-electron chi connectivity index (χ0n) is 15.4. The molecule has 0 aromatic heterocycles. The fourth-order valence-electron chi connectivity index (χ4n) is 3.05. The van der Waals surface area contributed by atoms with Crippen molar-refractivity contribution in [2.75, 3.05) is 10.9 Å². The van der Waals surface area contributed by atoms with E-state index in [1.165, 1.54) is 0 Å². The molecule has 134 valence electrons. The normalized spacial score (nSPS) is 17.8. The van der Waals surface area contributed by atoms with Gasteiger partial charge in [0.25, 0.3) is 10.0 Å². The number of hydrogen-bond donors (Lipinski definition) is 0. The van der Waals surface area contributed by atoms with Gasteiger partial charge in [0.2, 0.25) is 0 Å². The lowest BCUT2D eigenvalue weighted by Crippen LogP contribution is -2.53. The van der Waals surface area contributed by atoms with E-state index in [4.69, 9.17) is 4.74 Å². The van der Waals surface area contributed by atoms with Crippen LogP contribution in [0.4, 0.5) is 5.69 Å². The minimum absolute atomic E-state index is 0.265. The van der Waals surface area contributed by atoms with Gasteiger partial charge in [0.05, 0.1) is 16.6 Å². The van der Waals surface area contributed by atoms with E-state index in [-0.39, 0.29) is 11.5 Å². The Morgan fingerprint density at radius 1 is 1.00 bits per heavy atom. The average molecular weight is 359 g/mol. The summed E-state index contributed by atoms with van der Waals surface area (Å²) in [4.78, 5) is 0.307. The molecule has 0 N–H and O–H groups in total. The summed E-state index contributed by atoms with van der Waals surface area (Å²) in [5, 5.41) is 0. The minimum atomic E-state index is -3.69. The summed E-state index contributed by atoms with van der Waals surface area (Å²) in [6, 6.07) is 12.4. The smallest absolute Gasteiger partial charge is 0.264 e. The lowest BCUT2D eigenvalue weighted by molar-refractivity contribution is 0.193. The van der Waals surface area contributed by atoms with E-state index in [1.807, 2.05) is 65.0 Å². The molecule has 25 heavy (non-hydrogen) atoms. The van der Waals surface area contributed by atoms with Crippen molar-refractivity contribution in [2.24, 2.45) is 5.41 Å². The summed E-state index contributed by atoms with van der Waals surface area (Å²) < 4.78 is 34.5. The first kappa shape index (κ1) is 17.8. The van der Waals surface area contributed by atoms with Crippen LogP contribution in [-0.4, -0.2) is 21.1 Å². The van der Waals surface area contributed by atoms with Crippen molar-refractivity contribution in [3.8, 4) is 5.75 Å². The molecule has 0 unspecified atom stereocenters. The zero-order chi connectivity index (χ0) is 18.4. The maximum atomic E-state index is 13.5. The molecular formula is C20H25NO3S. The van der Waals surface area contributed by atoms with Crippen molar-refractivity contribution in [1.29, 1.82) is 0 Å². The van der Waals surface area contributed by atoms with Crippen LogP contribution >= 0.6 is 0 Å². The number of nitrogens with zero attached hydrogens (tertiary/aromatic N) is 1. The molecule has 0 amide bonds. The Morgan fingerprint density at radius 3 is 2.20 bits per heavy atom. The van der Waals surface area contributed by atoms with Gasteiger partial charge in [-0.25, -0.2) is 8.42 Å². The van der Waals surface area contributed by atoms with E-state index < -0.39 is 10.0 Å². The average Bonchev–Trinajstić information content (AvgIpc) is 2.53. The Labute approximate surface area is 150 Å². The van der Waals surface area contributed by atoms with Crippen LogP contribution in [0.15, 0.2) is 47.4 Å². The molecule has 0 saturated carbocycles. The van der Waals surface area contributed by atoms with E-state index >= 15 is 0 Å². The lowest BCUT2D eigenvalue weighted by Gasteiger charge is -2.43. The first-order valence-electron chi connectivity index (χ1n) is 8.45. The van der Waals surface area contributed by atoms with Crippen LogP contribution in [0.25, 0.3) is 0 Å². The summed E-state index contributed by atoms with van der Waals surface area (Å²) in [6.45, 7) is 10.4. The number of sulfonamides is 1. The van der Waals surface area contributed by atoms with E-state index in [0.717, 1.165) is 11.1 Å². The molecule has 5 heteroatoms. The van der Waals surface area contributed by atoms with E-state index in [9.17, 15) is 8.42 Å². The van der Waals surface area contributed by atoms with Crippen molar-refractivity contribution in [1.82, 2.24) is 0 Å². The molecule has 0 saturated heterocycles. The van der Waals surface area contributed by atoms with Crippen molar-refractivity contribution >= 4 is 15.7 Å². The van der Waals surface area contributed by atoms with Crippen molar-refractivity contribution < 1.29 is 13.2 Å². The molecule has 3 rings (SSSR count). The van der Waals surface area contributed by atoms with Crippen LogP contribution in [0.3, 0.4) is 0 Å². The van der Waals surface area contributed by atoms with Crippen LogP contribution < -0.4 is 9.04 Å². The molecule has 0 aliphatic carbocycles. The number of aryl methyl sites for hydroxylation is 2. The van der Waals surface area contributed by atoms with Gasteiger partial charge in [0, 0.05) is 0 Å². The van der Waals surface area contributed by atoms with Crippen molar-refractivity contribution in [3.63, 3.8) is 0 Å². The molecular weight excluding hydrogens is 334 g/mol. The van der Waals surface area contributed by atoms with E-state index in [1.54, 1.807) is 16.4 Å². The SMILES string of the molecule is Cc1ccc(S(=O)(=O)N2c3cc(C)ccc3OC[C@@H]2C(C)(C)C)cc1. The number of ether oxygens (including phenoxy) is 1. The van der Waals surface area contributed by atoms with Crippen LogP contribution in [0.2, 0.25) is 0 Å². The number of anilines is 1. The summed E-state index contributed by atoms with van der Waals surface area (Å²) in [5.74, 6) is 0.613. The van der Waals surface area contributed by atoms with Gasteiger partial charge < -0.3 is 4.74 Å². The van der Waals surface area contributed by atoms with Crippen LogP contribution in [0.5, 0.6) is 5.75 Å². The predicted molar refractivity (Wildman–Crippen MR) is 101 cm³/mol. The minimum Gasteiger partial charge on any atom is -0.489 e. The molecule has 2 aromatic carbocycles. The highest BCUT2D eigenvalue weighted by atomic mass is 32.2. The van der Waals surface area contributed by atoms with Crippen molar-refractivity contribution in [3.05, 3.63) is 53.6 Å². The number of fused-ring (bicyclic) bond motifs is 1. The highest BCUT2D eigenvalue weighted by molar-refractivity contribution is 7.92. The Morgan fingerprint density at radius 2 is 1.60 bits per heavy atom. The van der Waals surface area contributed by atoms with Gasteiger partial charge in [-0.2, -0.15) is 0 Å². The lowest BCUT2D eigenvalue weighted by atomic mass is 9.86. The summed E-state index contributed by atoms with van der Waals surface area (Å²) >= 11 is 0. The van der Waals surface area contributed by atoms with Crippen LogP contribution in [0.1, 0.15) is 31.9 Å². The molecule has 1 aliphatic rings. The van der Waals surface area contributed by atoms with Gasteiger partial charge in [-0.05, 0) is 49.1 Å². The molecule has 1 heterocycles. The summed E-state index contributed by atoms with van der Waals surface area (Å²) in [5.41, 5.74) is 2.39. The third kappa shape index (κ3) is 3.25. The molecule has 0 radical (unpaired) electrons. The standard InChI is InChI=1S/C20H25NO3S/c1-14-6-9-16(10-7-14)25(22,23)21-17-12-15(2)8-11-18(17)24-13-19(21)20(3,4)5/h6-12,19H,13H2,1-5H3/t19-/m1/s1. The molecule has 0 fully saturated rings. The largest absolute Gasteiger partial charge is 0.489 e. The third-order valence-corrected chi connectivity index (χ3v) is 6.45. The van der Waals surface area contributed by atoms with Gasteiger partial charge in [-0.3, -0.25) is 4.31 Å². The second-order valence-corrected chi connectivity index (χ2v) is 9.59. The second kappa shape index (κ2) is 6.06. The van der Waals surface area contributed by atoms with E-state index in [0.29, 0.717) is 22.9 Å². The Balaban J connectivity index is 2.21. The fourth-order valence-corrected chi connectivity index (χ4v) is 4.87. The molecule has 4 nitrogen and oxygen atoms in total. The van der Waals surface area contributed by atoms with Crippen molar-refractivity contribution in [2.45, 2.75) is 45.6 Å². The van der Waals surface area contributed by atoms with Gasteiger partial charge in [0.1, 0.15) is 12.4 Å². The predicted octanol–water partition coefficient (Wildman–Crippen LogP) is 4.31. The molecule has 0 bridgehead atoms. The molecule has 1 aliphatic heterocycles. The molecule has 0 spiro atoms. The van der Waals surface area contributed by atoms with E-state index in [2.05, 4.69) is 0 Å². The van der Waals surface area contributed by atoms with Crippen LogP contribution in [0, 0.1) is 19.3 Å². The van der Waals surface area contributed by atoms with Gasteiger partial charge in [0.15, 0.2) is 0 Å². The maximum absolute atomic E-state index is 13.5. The Bertz CT molecular complexity index is 880. The first-order chi connectivity index (χ1) is 11.6.